The summed E-state index contributed by atoms with van der Waals surface area (Å²) in [4.78, 5) is 25.5. The Kier molecular flexibility index (Phi) is 4.37. The van der Waals surface area contributed by atoms with Gasteiger partial charge in [0.2, 0.25) is 0 Å². The predicted octanol–water partition coefficient (Wildman–Crippen LogP) is 3.85. The fourth-order valence-corrected chi connectivity index (χ4v) is 2.59. The molecule has 0 fully saturated rings. The third kappa shape index (κ3) is 3.23. The quantitative estimate of drug-likeness (QED) is 0.791. The van der Waals surface area contributed by atoms with Gasteiger partial charge in [0, 0.05) is 11.8 Å². The lowest BCUT2D eigenvalue weighted by atomic mass is 10.2. The molecule has 0 spiro atoms. The van der Waals surface area contributed by atoms with E-state index in [4.69, 9.17) is 11.6 Å². The van der Waals surface area contributed by atoms with E-state index in [0.29, 0.717) is 10.6 Å². The highest BCUT2D eigenvalue weighted by atomic mass is 35.5. The minimum Gasteiger partial charge on any atom is -0.508 e. The van der Waals surface area contributed by atoms with E-state index in [9.17, 15) is 27.9 Å². The molecule has 1 heterocycles. The summed E-state index contributed by atoms with van der Waals surface area (Å²) < 4.78 is 37.9. The average molecular weight is 383 g/mol. The predicted molar refractivity (Wildman–Crippen MR) is 88.5 cm³/mol. The van der Waals surface area contributed by atoms with E-state index >= 15 is 0 Å². The minimum atomic E-state index is -4.53. The van der Waals surface area contributed by atoms with Crippen LogP contribution in [0.15, 0.2) is 59.3 Å². The molecular formula is C17H10ClF3N2O3. The molecule has 0 saturated heterocycles. The number of benzene rings is 2. The first-order chi connectivity index (χ1) is 12.2. The molecule has 2 N–H and O–H groups in total. The lowest BCUT2D eigenvalue weighted by Crippen LogP contribution is -2.32. The van der Waals surface area contributed by atoms with Crippen molar-refractivity contribution < 1.29 is 27.9 Å². The summed E-state index contributed by atoms with van der Waals surface area (Å²) in [5.74, 6) is -1.75. The monoisotopic (exact) mass is 382 g/mol. The Bertz CT molecular complexity index is 924. The van der Waals surface area contributed by atoms with Crippen LogP contribution >= 0.6 is 11.6 Å². The number of phenols is 1. The van der Waals surface area contributed by atoms with Crippen LogP contribution in [0.2, 0.25) is 0 Å². The third-order valence-electron chi connectivity index (χ3n) is 3.60. The zero-order valence-electron chi connectivity index (χ0n) is 12.8. The molecule has 0 aliphatic carbocycles. The van der Waals surface area contributed by atoms with Crippen LogP contribution in [0.4, 0.5) is 24.5 Å². The van der Waals surface area contributed by atoms with Gasteiger partial charge in [0.05, 0.1) is 11.3 Å². The first kappa shape index (κ1) is 17.8. The van der Waals surface area contributed by atoms with E-state index in [1.807, 2.05) is 0 Å². The van der Waals surface area contributed by atoms with E-state index in [-0.39, 0.29) is 17.1 Å². The molecule has 1 aliphatic rings. The molecule has 3 rings (SSSR count). The number of nitrogens with one attached hydrogen (secondary N) is 1. The normalized spacial score (nSPS) is 15.0. The average Bonchev–Trinajstić information content (AvgIpc) is 2.78. The number of phenolic OH excluding ortho intramolecular Hbond substituents is 1. The fraction of sp³-hybridized carbons (Fsp3) is 0.0588. The summed E-state index contributed by atoms with van der Waals surface area (Å²) in [5.41, 5.74) is -0.868. The standard InChI is InChI=1S/C17H10ClF3N2O3/c18-13-14(22-10-2-1-3-12(24)8-10)16(26)23(15(13)25)11-6-4-9(5-7-11)17(19,20)21/h1-8,22,24H. The maximum absolute atomic E-state index is 12.6. The molecule has 2 amide bonds. The van der Waals surface area contributed by atoms with Gasteiger partial charge >= 0.3 is 6.18 Å². The van der Waals surface area contributed by atoms with Gasteiger partial charge in [-0.3, -0.25) is 9.59 Å². The van der Waals surface area contributed by atoms with Crippen molar-refractivity contribution in [1.29, 1.82) is 0 Å². The highest BCUT2D eigenvalue weighted by Gasteiger charge is 2.39. The van der Waals surface area contributed by atoms with E-state index in [1.54, 1.807) is 0 Å². The van der Waals surface area contributed by atoms with Crippen LogP contribution in [0.3, 0.4) is 0 Å². The fourth-order valence-electron chi connectivity index (χ4n) is 2.37. The Balaban J connectivity index is 1.88. The summed E-state index contributed by atoms with van der Waals surface area (Å²) in [7, 11) is 0. The number of hydrogen-bond acceptors (Lipinski definition) is 4. The van der Waals surface area contributed by atoms with Crippen molar-refractivity contribution >= 4 is 34.8 Å². The van der Waals surface area contributed by atoms with Crippen LogP contribution in [0.1, 0.15) is 5.56 Å². The number of carbonyl (C=O) groups excluding carboxylic acids is 2. The van der Waals surface area contributed by atoms with Gasteiger partial charge in [-0.25, -0.2) is 4.90 Å². The van der Waals surface area contributed by atoms with Crippen molar-refractivity contribution in [2.24, 2.45) is 0 Å². The van der Waals surface area contributed by atoms with E-state index in [1.165, 1.54) is 24.3 Å². The first-order valence-electron chi connectivity index (χ1n) is 7.20. The molecule has 0 unspecified atom stereocenters. The summed E-state index contributed by atoms with van der Waals surface area (Å²) in [6.07, 6.45) is -4.53. The van der Waals surface area contributed by atoms with Gasteiger partial charge in [0.25, 0.3) is 11.8 Å². The molecule has 9 heteroatoms. The molecule has 2 aromatic carbocycles. The van der Waals surface area contributed by atoms with E-state index < -0.39 is 28.6 Å². The van der Waals surface area contributed by atoms with Gasteiger partial charge in [0.15, 0.2) is 0 Å². The maximum atomic E-state index is 12.6. The third-order valence-corrected chi connectivity index (χ3v) is 3.95. The molecule has 26 heavy (non-hydrogen) atoms. The summed E-state index contributed by atoms with van der Waals surface area (Å²) in [5, 5.41) is 11.7. The number of amides is 2. The number of hydrogen-bond donors (Lipinski definition) is 2. The Labute approximate surface area is 150 Å². The second kappa shape index (κ2) is 6.38. The lowest BCUT2D eigenvalue weighted by molar-refractivity contribution is -0.137. The zero-order chi connectivity index (χ0) is 19.1. The largest absolute Gasteiger partial charge is 0.508 e. The Hall–Kier alpha value is -3.00. The molecule has 0 bridgehead atoms. The second-order valence-corrected chi connectivity index (χ2v) is 5.73. The van der Waals surface area contributed by atoms with Crippen LogP contribution < -0.4 is 10.2 Å². The van der Waals surface area contributed by atoms with Gasteiger partial charge in [-0.15, -0.1) is 0 Å². The molecule has 0 radical (unpaired) electrons. The number of alkyl halides is 3. The molecule has 2 aromatic rings. The summed E-state index contributed by atoms with van der Waals surface area (Å²) in [6.45, 7) is 0. The second-order valence-electron chi connectivity index (χ2n) is 5.35. The maximum Gasteiger partial charge on any atom is 0.416 e. The highest BCUT2D eigenvalue weighted by Crippen LogP contribution is 2.34. The molecule has 5 nitrogen and oxygen atoms in total. The Morgan fingerprint density at radius 1 is 1.00 bits per heavy atom. The summed E-state index contributed by atoms with van der Waals surface area (Å²) in [6, 6.07) is 9.35. The van der Waals surface area contributed by atoms with Crippen molar-refractivity contribution in [2.45, 2.75) is 6.18 Å². The van der Waals surface area contributed by atoms with E-state index in [2.05, 4.69) is 5.32 Å². The van der Waals surface area contributed by atoms with Gasteiger partial charge < -0.3 is 10.4 Å². The number of imide groups is 1. The van der Waals surface area contributed by atoms with Crippen molar-refractivity contribution in [3.8, 4) is 5.75 Å². The molecule has 134 valence electrons. The topological polar surface area (TPSA) is 69.6 Å². The number of rotatable bonds is 3. The Morgan fingerprint density at radius 2 is 1.65 bits per heavy atom. The number of aromatic hydroxyl groups is 1. The summed E-state index contributed by atoms with van der Waals surface area (Å²) >= 11 is 5.92. The van der Waals surface area contributed by atoms with Crippen molar-refractivity contribution in [1.82, 2.24) is 0 Å². The number of carbonyl (C=O) groups is 2. The smallest absolute Gasteiger partial charge is 0.416 e. The number of nitrogens with zero attached hydrogens (tertiary/aromatic N) is 1. The zero-order valence-corrected chi connectivity index (χ0v) is 13.6. The van der Waals surface area contributed by atoms with Gasteiger partial charge in [-0.1, -0.05) is 17.7 Å². The van der Waals surface area contributed by atoms with Crippen molar-refractivity contribution in [3.05, 3.63) is 64.8 Å². The number of anilines is 2. The van der Waals surface area contributed by atoms with Gasteiger partial charge in [-0.2, -0.15) is 13.2 Å². The van der Waals surface area contributed by atoms with Gasteiger partial charge in [0.1, 0.15) is 16.5 Å². The van der Waals surface area contributed by atoms with Crippen molar-refractivity contribution in [3.63, 3.8) is 0 Å². The highest BCUT2D eigenvalue weighted by molar-refractivity contribution is 6.53. The minimum absolute atomic E-state index is 0.0427. The molecule has 0 saturated carbocycles. The van der Waals surface area contributed by atoms with Crippen LogP contribution in [-0.2, 0) is 15.8 Å². The van der Waals surface area contributed by atoms with Crippen molar-refractivity contribution in [2.75, 3.05) is 10.2 Å². The van der Waals surface area contributed by atoms with E-state index in [0.717, 1.165) is 24.3 Å². The first-order valence-corrected chi connectivity index (χ1v) is 7.58. The molecular weight excluding hydrogens is 373 g/mol. The van der Waals surface area contributed by atoms with Crippen LogP contribution in [0, 0.1) is 0 Å². The van der Waals surface area contributed by atoms with Crippen LogP contribution in [-0.4, -0.2) is 16.9 Å². The molecule has 1 aliphatic heterocycles. The number of halogens is 4. The lowest BCUT2D eigenvalue weighted by Gasteiger charge is -2.16. The SMILES string of the molecule is O=C1C(Cl)=C(Nc2cccc(O)c2)C(=O)N1c1ccc(C(F)(F)F)cc1. The van der Waals surface area contributed by atoms with Crippen LogP contribution in [0.25, 0.3) is 0 Å². The molecule has 0 atom stereocenters. The van der Waals surface area contributed by atoms with Gasteiger partial charge in [-0.05, 0) is 36.4 Å². The molecule has 0 aromatic heterocycles. The Morgan fingerprint density at radius 3 is 2.23 bits per heavy atom. The van der Waals surface area contributed by atoms with Crippen LogP contribution in [0.5, 0.6) is 5.75 Å².